The van der Waals surface area contributed by atoms with Gasteiger partial charge in [-0.2, -0.15) is 0 Å². The summed E-state index contributed by atoms with van der Waals surface area (Å²) in [6.07, 6.45) is 1.79. The second-order valence-corrected chi connectivity index (χ2v) is 5.44. The van der Waals surface area contributed by atoms with Crippen LogP contribution in [0.4, 0.5) is 0 Å². The SMILES string of the molecule is Cc1ncc(-c2nc(Br)cc(Br)n2)s1. The summed E-state index contributed by atoms with van der Waals surface area (Å²) in [7, 11) is 0. The maximum atomic E-state index is 4.26. The molecule has 0 aromatic carbocycles. The van der Waals surface area contributed by atoms with Gasteiger partial charge in [-0.3, -0.25) is 0 Å². The van der Waals surface area contributed by atoms with Crippen LogP contribution in [0.3, 0.4) is 0 Å². The number of nitrogens with zero attached hydrogens (tertiary/aromatic N) is 3. The molecule has 0 saturated carbocycles. The van der Waals surface area contributed by atoms with Gasteiger partial charge in [0, 0.05) is 12.3 Å². The van der Waals surface area contributed by atoms with E-state index in [1.807, 2.05) is 6.92 Å². The van der Waals surface area contributed by atoms with E-state index < -0.39 is 0 Å². The summed E-state index contributed by atoms with van der Waals surface area (Å²) in [6.45, 7) is 1.96. The highest BCUT2D eigenvalue weighted by molar-refractivity contribution is 9.11. The molecule has 0 amide bonds. The minimum absolute atomic E-state index is 0.692. The van der Waals surface area contributed by atoms with E-state index in [9.17, 15) is 0 Å². The molecule has 0 N–H and O–H groups in total. The van der Waals surface area contributed by atoms with Crippen LogP contribution in [0.25, 0.3) is 10.7 Å². The molecule has 2 rings (SSSR count). The zero-order chi connectivity index (χ0) is 10.1. The Bertz CT molecular complexity index is 449. The van der Waals surface area contributed by atoms with Crippen LogP contribution < -0.4 is 0 Å². The number of hydrogen-bond donors (Lipinski definition) is 0. The van der Waals surface area contributed by atoms with Crippen LogP contribution in [-0.2, 0) is 0 Å². The molecule has 0 aliphatic carbocycles. The first-order valence-corrected chi connectivity index (χ1v) is 6.18. The number of hydrogen-bond acceptors (Lipinski definition) is 4. The number of halogens is 2. The third kappa shape index (κ3) is 2.18. The van der Waals surface area contributed by atoms with Gasteiger partial charge in [0.2, 0.25) is 0 Å². The molecule has 6 heteroatoms. The molecular formula is C8H5Br2N3S. The Balaban J connectivity index is 2.51. The zero-order valence-corrected chi connectivity index (χ0v) is 11.1. The van der Waals surface area contributed by atoms with Gasteiger partial charge in [-0.15, -0.1) is 11.3 Å². The van der Waals surface area contributed by atoms with E-state index in [0.717, 1.165) is 19.1 Å². The lowest BCUT2D eigenvalue weighted by Crippen LogP contribution is -1.87. The van der Waals surface area contributed by atoms with Gasteiger partial charge in [-0.25, -0.2) is 15.0 Å². The number of thiazole rings is 1. The van der Waals surface area contributed by atoms with Gasteiger partial charge in [-0.1, -0.05) is 0 Å². The van der Waals surface area contributed by atoms with Crippen LogP contribution in [0.5, 0.6) is 0 Å². The van der Waals surface area contributed by atoms with Crippen LogP contribution in [0.15, 0.2) is 21.5 Å². The zero-order valence-electron chi connectivity index (χ0n) is 7.16. The molecule has 2 aromatic heterocycles. The van der Waals surface area contributed by atoms with E-state index in [1.165, 1.54) is 0 Å². The molecule has 2 heterocycles. The molecule has 14 heavy (non-hydrogen) atoms. The standard InChI is InChI=1S/C8H5Br2N3S/c1-4-11-3-5(14-4)8-12-6(9)2-7(10)13-8/h2-3H,1H3. The first-order chi connectivity index (χ1) is 6.65. The number of rotatable bonds is 1. The van der Waals surface area contributed by atoms with E-state index in [1.54, 1.807) is 23.6 Å². The van der Waals surface area contributed by atoms with Crippen molar-refractivity contribution < 1.29 is 0 Å². The van der Waals surface area contributed by atoms with Crippen LogP contribution >= 0.6 is 43.2 Å². The Morgan fingerprint density at radius 2 is 1.86 bits per heavy atom. The molecule has 0 fully saturated rings. The van der Waals surface area contributed by atoms with Crippen molar-refractivity contribution in [2.24, 2.45) is 0 Å². The second-order valence-electron chi connectivity index (χ2n) is 2.58. The summed E-state index contributed by atoms with van der Waals surface area (Å²) < 4.78 is 1.53. The van der Waals surface area contributed by atoms with E-state index in [-0.39, 0.29) is 0 Å². The van der Waals surface area contributed by atoms with Crippen molar-refractivity contribution in [3.63, 3.8) is 0 Å². The molecular weight excluding hydrogens is 330 g/mol. The van der Waals surface area contributed by atoms with Crippen molar-refractivity contribution in [2.75, 3.05) is 0 Å². The summed E-state index contributed by atoms with van der Waals surface area (Å²) >= 11 is 8.22. The molecule has 0 radical (unpaired) electrons. The van der Waals surface area contributed by atoms with Crippen molar-refractivity contribution in [3.8, 4) is 10.7 Å². The molecule has 0 bridgehead atoms. The predicted octanol–water partition coefficient (Wildman–Crippen LogP) is 3.43. The maximum absolute atomic E-state index is 4.26. The van der Waals surface area contributed by atoms with E-state index >= 15 is 0 Å². The van der Waals surface area contributed by atoms with Crippen LogP contribution in [0, 0.1) is 6.92 Å². The first-order valence-electron chi connectivity index (χ1n) is 3.78. The van der Waals surface area contributed by atoms with Crippen molar-refractivity contribution in [1.29, 1.82) is 0 Å². The highest BCUT2D eigenvalue weighted by Crippen LogP contribution is 2.25. The highest BCUT2D eigenvalue weighted by Gasteiger charge is 2.06. The third-order valence-corrected chi connectivity index (χ3v) is 3.23. The molecule has 72 valence electrons. The van der Waals surface area contributed by atoms with Crippen molar-refractivity contribution in [1.82, 2.24) is 15.0 Å². The fraction of sp³-hybridized carbons (Fsp3) is 0.125. The average molecular weight is 335 g/mol. The Kier molecular flexibility index (Phi) is 2.94. The third-order valence-electron chi connectivity index (χ3n) is 1.51. The maximum Gasteiger partial charge on any atom is 0.173 e. The monoisotopic (exact) mass is 333 g/mol. The molecule has 2 aromatic rings. The lowest BCUT2D eigenvalue weighted by molar-refractivity contribution is 1.13. The molecule has 0 aliphatic rings. The average Bonchev–Trinajstić information content (AvgIpc) is 2.50. The minimum atomic E-state index is 0.692. The lowest BCUT2D eigenvalue weighted by atomic mass is 10.5. The van der Waals surface area contributed by atoms with Crippen LogP contribution in [0.2, 0.25) is 0 Å². The fourth-order valence-corrected chi connectivity index (χ4v) is 2.75. The van der Waals surface area contributed by atoms with Crippen molar-refractivity contribution in [2.45, 2.75) is 6.92 Å². The minimum Gasteiger partial charge on any atom is -0.249 e. The Hall–Kier alpha value is -0.330. The van der Waals surface area contributed by atoms with Gasteiger partial charge in [-0.05, 0) is 38.8 Å². The number of aryl methyl sites for hydroxylation is 1. The van der Waals surface area contributed by atoms with Gasteiger partial charge in [0.25, 0.3) is 0 Å². The largest absolute Gasteiger partial charge is 0.249 e. The normalized spacial score (nSPS) is 10.5. The van der Waals surface area contributed by atoms with Gasteiger partial charge in [0.15, 0.2) is 5.82 Å². The predicted molar refractivity (Wildman–Crippen MR) is 63.3 cm³/mol. The van der Waals surface area contributed by atoms with Gasteiger partial charge < -0.3 is 0 Å². The Morgan fingerprint density at radius 3 is 2.36 bits per heavy atom. The van der Waals surface area contributed by atoms with Crippen molar-refractivity contribution >= 4 is 43.2 Å². The quantitative estimate of drug-likeness (QED) is 0.750. The molecule has 0 unspecified atom stereocenters. The molecule has 0 atom stereocenters. The van der Waals surface area contributed by atoms with Crippen LogP contribution in [0.1, 0.15) is 5.01 Å². The van der Waals surface area contributed by atoms with Crippen LogP contribution in [-0.4, -0.2) is 15.0 Å². The molecule has 0 aliphatic heterocycles. The lowest BCUT2D eigenvalue weighted by Gasteiger charge is -1.97. The van der Waals surface area contributed by atoms with Crippen molar-refractivity contribution in [3.05, 3.63) is 26.5 Å². The van der Waals surface area contributed by atoms with Gasteiger partial charge in [0.1, 0.15) is 9.21 Å². The molecule has 3 nitrogen and oxygen atoms in total. The van der Waals surface area contributed by atoms with Gasteiger partial charge >= 0.3 is 0 Å². The summed E-state index contributed by atoms with van der Waals surface area (Å²) in [5.74, 6) is 0.692. The topological polar surface area (TPSA) is 38.7 Å². The summed E-state index contributed by atoms with van der Waals surface area (Å²) in [5, 5.41) is 1.01. The van der Waals surface area contributed by atoms with E-state index in [4.69, 9.17) is 0 Å². The Labute approximate surface area is 102 Å². The summed E-state index contributed by atoms with van der Waals surface area (Å²) in [5.41, 5.74) is 0. The highest BCUT2D eigenvalue weighted by atomic mass is 79.9. The smallest absolute Gasteiger partial charge is 0.173 e. The number of aromatic nitrogens is 3. The van der Waals surface area contributed by atoms with E-state index in [0.29, 0.717) is 5.82 Å². The van der Waals surface area contributed by atoms with E-state index in [2.05, 4.69) is 46.8 Å². The summed E-state index contributed by atoms with van der Waals surface area (Å²) in [4.78, 5) is 13.7. The summed E-state index contributed by atoms with van der Waals surface area (Å²) in [6, 6.07) is 1.80. The van der Waals surface area contributed by atoms with Gasteiger partial charge in [0.05, 0.1) is 9.88 Å². The molecule has 0 saturated heterocycles. The Morgan fingerprint density at radius 1 is 1.21 bits per heavy atom. The fourth-order valence-electron chi connectivity index (χ4n) is 0.965. The second kappa shape index (κ2) is 4.04. The molecule has 0 spiro atoms. The first kappa shape index (κ1) is 10.2.